The van der Waals surface area contributed by atoms with Gasteiger partial charge in [0.05, 0.1) is 11.4 Å². The van der Waals surface area contributed by atoms with Crippen LogP contribution in [-0.4, -0.2) is 9.97 Å². The third-order valence-corrected chi connectivity index (χ3v) is 11.4. The zero-order valence-corrected chi connectivity index (χ0v) is 30.4. The summed E-state index contributed by atoms with van der Waals surface area (Å²) in [5, 5.41) is 4.85. The van der Waals surface area contributed by atoms with Crippen LogP contribution in [0.15, 0.2) is 170 Å². The second-order valence-corrected chi connectivity index (χ2v) is 15.0. The molecular weight excluding hydrogens is 673 g/mol. The lowest BCUT2D eigenvalue weighted by molar-refractivity contribution is 0.361. The van der Waals surface area contributed by atoms with Gasteiger partial charge in [-0.2, -0.15) is 0 Å². The topological polar surface area (TPSA) is 44.2 Å². The summed E-state index contributed by atoms with van der Waals surface area (Å²) in [6.07, 6.45) is 0. The number of ether oxygens (including phenoxy) is 2. The Kier molecular flexibility index (Phi) is 6.86. The van der Waals surface area contributed by atoms with Crippen molar-refractivity contribution in [3.05, 3.63) is 181 Å². The molecule has 0 radical (unpaired) electrons. The van der Waals surface area contributed by atoms with Crippen molar-refractivity contribution in [2.75, 3.05) is 0 Å². The quantitative estimate of drug-likeness (QED) is 0.171. The molecule has 0 fully saturated rings. The zero-order valence-electron chi connectivity index (χ0n) is 30.4. The molecule has 9 aromatic rings. The minimum absolute atomic E-state index is 0.135. The number of benzene rings is 8. The van der Waals surface area contributed by atoms with Crippen LogP contribution in [0.3, 0.4) is 0 Å². The average molecular weight is 707 g/mol. The first-order valence-corrected chi connectivity index (χ1v) is 18.7. The third-order valence-electron chi connectivity index (χ3n) is 11.4. The monoisotopic (exact) mass is 706 g/mol. The first-order chi connectivity index (χ1) is 27.0. The Morgan fingerprint density at radius 2 is 1.07 bits per heavy atom. The van der Waals surface area contributed by atoms with Crippen molar-refractivity contribution in [1.29, 1.82) is 0 Å². The summed E-state index contributed by atoms with van der Waals surface area (Å²) < 4.78 is 13.5. The van der Waals surface area contributed by atoms with Crippen LogP contribution in [0.2, 0.25) is 0 Å². The molecule has 0 N–H and O–H groups in total. The number of hydrogen-bond acceptors (Lipinski definition) is 4. The molecule has 0 saturated carbocycles. The van der Waals surface area contributed by atoms with Crippen LogP contribution in [0, 0.1) is 0 Å². The number of hydrogen-bond donors (Lipinski definition) is 0. The first kappa shape index (κ1) is 31.5. The van der Waals surface area contributed by atoms with Crippen molar-refractivity contribution in [3.63, 3.8) is 0 Å². The molecule has 260 valence electrons. The van der Waals surface area contributed by atoms with Gasteiger partial charge in [-0.1, -0.05) is 159 Å². The van der Waals surface area contributed by atoms with E-state index in [-0.39, 0.29) is 5.41 Å². The molecule has 0 atom stereocenters. The molecule has 11 rings (SSSR count). The Morgan fingerprint density at radius 1 is 0.418 bits per heavy atom. The fraction of sp³-hybridized carbons (Fsp3) is 0.0588. The van der Waals surface area contributed by atoms with Crippen molar-refractivity contribution in [3.8, 4) is 79.2 Å². The maximum absolute atomic E-state index is 6.91. The van der Waals surface area contributed by atoms with Gasteiger partial charge in [-0.15, -0.1) is 0 Å². The summed E-state index contributed by atoms with van der Waals surface area (Å²) in [5.41, 5.74) is 11.5. The van der Waals surface area contributed by atoms with Gasteiger partial charge in [0.1, 0.15) is 0 Å². The summed E-state index contributed by atoms with van der Waals surface area (Å²) in [5.74, 6) is 3.62. The maximum Gasteiger partial charge on any atom is 0.178 e. The normalized spacial score (nSPS) is 13.3. The predicted molar refractivity (Wildman–Crippen MR) is 223 cm³/mol. The molecule has 4 nitrogen and oxygen atoms in total. The van der Waals surface area contributed by atoms with Crippen molar-refractivity contribution in [1.82, 2.24) is 9.97 Å². The van der Waals surface area contributed by atoms with Crippen LogP contribution in [0.1, 0.15) is 25.0 Å². The van der Waals surface area contributed by atoms with Crippen LogP contribution in [0.5, 0.6) is 23.0 Å². The number of rotatable bonds is 4. The van der Waals surface area contributed by atoms with E-state index in [1.54, 1.807) is 0 Å². The number of aromatic nitrogens is 2. The largest absolute Gasteiger partial charge is 0.449 e. The maximum atomic E-state index is 6.91. The fourth-order valence-electron chi connectivity index (χ4n) is 8.53. The minimum atomic E-state index is -0.135. The highest BCUT2D eigenvalue weighted by molar-refractivity contribution is 6.08. The first-order valence-electron chi connectivity index (χ1n) is 18.7. The Balaban J connectivity index is 0.982. The van der Waals surface area contributed by atoms with E-state index in [0.29, 0.717) is 11.6 Å². The van der Waals surface area contributed by atoms with Gasteiger partial charge in [0.25, 0.3) is 0 Å². The van der Waals surface area contributed by atoms with Gasteiger partial charge in [0.2, 0.25) is 0 Å². The summed E-state index contributed by atoms with van der Waals surface area (Å²) in [6, 6.07) is 59.3. The number of fused-ring (bicyclic) bond motifs is 9. The molecule has 0 unspecified atom stereocenters. The second-order valence-electron chi connectivity index (χ2n) is 15.0. The molecule has 1 aliphatic heterocycles. The summed E-state index contributed by atoms with van der Waals surface area (Å²) in [7, 11) is 0. The lowest BCUT2D eigenvalue weighted by Gasteiger charge is -2.26. The Bertz CT molecular complexity index is 3000. The van der Waals surface area contributed by atoms with Gasteiger partial charge in [0.15, 0.2) is 28.8 Å². The molecule has 0 spiro atoms. The highest BCUT2D eigenvalue weighted by Crippen LogP contribution is 2.59. The van der Waals surface area contributed by atoms with Gasteiger partial charge in [-0.25, -0.2) is 9.97 Å². The molecule has 4 heteroatoms. The van der Waals surface area contributed by atoms with Crippen LogP contribution in [0.4, 0.5) is 0 Å². The van der Waals surface area contributed by atoms with Crippen molar-refractivity contribution < 1.29 is 9.47 Å². The summed E-state index contributed by atoms with van der Waals surface area (Å²) in [4.78, 5) is 10.3. The van der Waals surface area contributed by atoms with Crippen LogP contribution < -0.4 is 9.47 Å². The Hall–Kier alpha value is -7.04. The molecular formula is C51H34N2O2. The summed E-state index contributed by atoms with van der Waals surface area (Å²) >= 11 is 0. The van der Waals surface area contributed by atoms with Gasteiger partial charge in [0, 0.05) is 33.2 Å². The Morgan fingerprint density at radius 3 is 1.93 bits per heavy atom. The van der Waals surface area contributed by atoms with E-state index in [1.807, 2.05) is 36.4 Å². The second kappa shape index (κ2) is 12.0. The van der Waals surface area contributed by atoms with Crippen LogP contribution >= 0.6 is 0 Å². The van der Waals surface area contributed by atoms with E-state index in [4.69, 9.17) is 19.4 Å². The van der Waals surface area contributed by atoms with E-state index in [2.05, 4.69) is 147 Å². The number of nitrogens with zero attached hydrogens (tertiary/aromatic N) is 2. The van der Waals surface area contributed by atoms with E-state index >= 15 is 0 Å². The average Bonchev–Trinajstić information content (AvgIpc) is 3.48. The van der Waals surface area contributed by atoms with Gasteiger partial charge < -0.3 is 9.47 Å². The SMILES string of the molecule is CC1(C)c2ccccc2-c2c1ccc1c2Oc2c(cccc2-c2ccc(-c3cc(-c4ccccc4)nc(-c4ccc5c(ccc6ccccc65)c4)n3)cc2)O1. The minimum Gasteiger partial charge on any atom is -0.449 e. The van der Waals surface area contributed by atoms with E-state index in [9.17, 15) is 0 Å². The molecule has 0 bridgehead atoms. The Labute approximate surface area is 319 Å². The van der Waals surface area contributed by atoms with E-state index in [0.717, 1.165) is 67.4 Å². The molecule has 55 heavy (non-hydrogen) atoms. The highest BCUT2D eigenvalue weighted by Gasteiger charge is 2.39. The molecule has 2 heterocycles. The molecule has 0 saturated heterocycles. The molecule has 0 amide bonds. The highest BCUT2D eigenvalue weighted by atomic mass is 16.6. The fourth-order valence-corrected chi connectivity index (χ4v) is 8.53. The van der Waals surface area contributed by atoms with Gasteiger partial charge in [-0.05, 0) is 68.1 Å². The summed E-state index contributed by atoms with van der Waals surface area (Å²) in [6.45, 7) is 4.56. The lowest BCUT2D eigenvalue weighted by atomic mass is 9.82. The molecule has 1 aromatic heterocycles. The van der Waals surface area contributed by atoms with E-state index in [1.165, 1.54) is 32.8 Å². The predicted octanol–water partition coefficient (Wildman–Crippen LogP) is 13.7. The van der Waals surface area contributed by atoms with Crippen molar-refractivity contribution >= 4 is 21.5 Å². The zero-order chi connectivity index (χ0) is 36.7. The van der Waals surface area contributed by atoms with Crippen LogP contribution in [0.25, 0.3) is 77.7 Å². The molecule has 2 aliphatic rings. The standard InChI is InChI=1S/C51H34N2O2/c1-51(2)41-17-9-8-15-40(41)47-42(51)27-28-46-49(47)55-48-39(16-10-18-45(48)54-46)32-19-22-34(23-20-32)44-30-43(33-12-4-3-5-13-33)52-50(53-44)36-25-26-38-35(29-36)24-21-31-11-6-7-14-37(31)38/h3-30H,1-2H3. The van der Waals surface area contributed by atoms with Crippen molar-refractivity contribution in [2.45, 2.75) is 19.3 Å². The molecule has 8 aromatic carbocycles. The van der Waals surface area contributed by atoms with Gasteiger partial charge in [-0.3, -0.25) is 0 Å². The number of para-hydroxylation sites is 1. The van der Waals surface area contributed by atoms with Crippen molar-refractivity contribution in [2.24, 2.45) is 0 Å². The lowest BCUT2D eigenvalue weighted by Crippen LogP contribution is -2.15. The van der Waals surface area contributed by atoms with E-state index < -0.39 is 0 Å². The molecule has 1 aliphatic carbocycles. The smallest absolute Gasteiger partial charge is 0.178 e. The third kappa shape index (κ3) is 4.99. The van der Waals surface area contributed by atoms with Crippen LogP contribution in [-0.2, 0) is 5.41 Å². The van der Waals surface area contributed by atoms with Gasteiger partial charge >= 0.3 is 0 Å².